The Hall–Kier alpha value is -0.0400. The van der Waals surface area contributed by atoms with Crippen molar-refractivity contribution in [3.63, 3.8) is 0 Å². The first-order valence-corrected chi connectivity index (χ1v) is 4.63. The Balaban J connectivity index is 1.91. The summed E-state index contributed by atoms with van der Waals surface area (Å²) in [5.41, 5.74) is 0. The van der Waals surface area contributed by atoms with Crippen molar-refractivity contribution in [3.8, 4) is 0 Å². The van der Waals surface area contributed by atoms with E-state index >= 15 is 0 Å². The van der Waals surface area contributed by atoms with Crippen molar-refractivity contribution in [1.82, 2.24) is 4.90 Å². The molecule has 0 aromatic rings. The molecule has 0 bridgehead atoms. The summed E-state index contributed by atoms with van der Waals surface area (Å²) >= 11 is 0. The van der Waals surface area contributed by atoms with Crippen molar-refractivity contribution in [3.05, 3.63) is 0 Å². The molecule has 0 radical (unpaired) electrons. The lowest BCUT2D eigenvalue weighted by atomic mass is 9.91. The predicted octanol–water partition coefficient (Wildman–Crippen LogP) is 1.49. The molecule has 56 valence electrons. The smallest absolute Gasteiger partial charge is 0.0258 e. The molecule has 3 aliphatic rings. The zero-order valence-corrected chi connectivity index (χ0v) is 6.59. The second-order valence-electron chi connectivity index (χ2n) is 4.26. The minimum atomic E-state index is 0.942. The van der Waals surface area contributed by atoms with Gasteiger partial charge in [0.15, 0.2) is 0 Å². The molecule has 1 nitrogen and oxygen atoms in total. The van der Waals surface area contributed by atoms with E-state index in [4.69, 9.17) is 0 Å². The second kappa shape index (κ2) is 1.58. The molecule has 1 aliphatic carbocycles. The maximum atomic E-state index is 2.69. The molecule has 0 aromatic heterocycles. The summed E-state index contributed by atoms with van der Waals surface area (Å²) in [6.45, 7) is 3.86. The third-order valence-electron chi connectivity index (χ3n) is 3.95. The van der Waals surface area contributed by atoms with Crippen LogP contribution in [0, 0.1) is 11.8 Å². The van der Waals surface area contributed by atoms with E-state index in [1.807, 2.05) is 0 Å². The van der Waals surface area contributed by atoms with Crippen LogP contribution in [-0.4, -0.2) is 23.5 Å². The number of piperidine rings is 1. The first-order valence-electron chi connectivity index (χ1n) is 4.63. The topological polar surface area (TPSA) is 3.01 Å². The summed E-state index contributed by atoms with van der Waals surface area (Å²) in [6, 6.07) is 1.99. The molecule has 0 amide bonds. The molecular weight excluding hydrogens is 122 g/mol. The average molecular weight is 137 g/mol. The Labute approximate surface area is 62.4 Å². The highest BCUT2D eigenvalue weighted by molar-refractivity contribution is 5.10. The standard InChI is InChI=1S/C9H15N/c1-6-7-3-2-4-8(7)9-5-10(6)9/h6-9H,2-5H2,1H3/t6-,7?,8?,9?,10?/m0/s1. The van der Waals surface area contributed by atoms with Crippen LogP contribution in [-0.2, 0) is 0 Å². The summed E-state index contributed by atoms with van der Waals surface area (Å²) < 4.78 is 0. The van der Waals surface area contributed by atoms with Crippen LogP contribution in [0.3, 0.4) is 0 Å². The molecule has 2 saturated heterocycles. The van der Waals surface area contributed by atoms with Gasteiger partial charge in [-0.15, -0.1) is 0 Å². The first kappa shape index (κ1) is 5.59. The number of rotatable bonds is 0. The van der Waals surface area contributed by atoms with Gasteiger partial charge in [-0.3, -0.25) is 4.90 Å². The molecule has 0 spiro atoms. The number of hydrogen-bond donors (Lipinski definition) is 0. The van der Waals surface area contributed by atoms with E-state index in [1.165, 1.54) is 25.8 Å². The van der Waals surface area contributed by atoms with E-state index in [0.29, 0.717) is 0 Å². The van der Waals surface area contributed by atoms with E-state index in [9.17, 15) is 0 Å². The van der Waals surface area contributed by atoms with Crippen LogP contribution in [0.25, 0.3) is 0 Å². The summed E-state index contributed by atoms with van der Waals surface area (Å²) in [5.74, 6) is 2.22. The van der Waals surface area contributed by atoms with Crippen molar-refractivity contribution in [2.45, 2.75) is 38.3 Å². The van der Waals surface area contributed by atoms with Gasteiger partial charge in [0.25, 0.3) is 0 Å². The zero-order chi connectivity index (χ0) is 6.72. The van der Waals surface area contributed by atoms with Crippen molar-refractivity contribution >= 4 is 0 Å². The molecule has 3 fully saturated rings. The van der Waals surface area contributed by atoms with E-state index in [0.717, 1.165) is 23.9 Å². The molecule has 4 unspecified atom stereocenters. The molecular formula is C9H15N. The van der Waals surface area contributed by atoms with Crippen molar-refractivity contribution in [1.29, 1.82) is 0 Å². The Morgan fingerprint density at radius 1 is 1.20 bits per heavy atom. The molecule has 2 heterocycles. The molecule has 5 atom stereocenters. The van der Waals surface area contributed by atoms with E-state index < -0.39 is 0 Å². The lowest BCUT2D eigenvalue weighted by Gasteiger charge is -2.17. The van der Waals surface area contributed by atoms with E-state index in [2.05, 4.69) is 11.8 Å². The molecule has 0 N–H and O–H groups in total. The molecule has 10 heavy (non-hydrogen) atoms. The van der Waals surface area contributed by atoms with Gasteiger partial charge in [-0.25, -0.2) is 0 Å². The lowest BCUT2D eigenvalue weighted by molar-refractivity contribution is 0.339. The van der Waals surface area contributed by atoms with Crippen LogP contribution in [0.1, 0.15) is 26.2 Å². The molecule has 2 aliphatic heterocycles. The zero-order valence-electron chi connectivity index (χ0n) is 6.59. The lowest BCUT2D eigenvalue weighted by Crippen LogP contribution is -2.20. The fourth-order valence-electron chi connectivity index (χ4n) is 3.36. The molecule has 3 rings (SSSR count). The number of hydrogen-bond acceptors (Lipinski definition) is 1. The molecule has 0 aromatic carbocycles. The largest absolute Gasteiger partial charge is 0.294 e. The van der Waals surface area contributed by atoms with Crippen molar-refractivity contribution < 1.29 is 0 Å². The Kier molecular flexibility index (Phi) is 0.883. The maximum Gasteiger partial charge on any atom is 0.0258 e. The van der Waals surface area contributed by atoms with Crippen LogP contribution in [0.4, 0.5) is 0 Å². The summed E-state index contributed by atoms with van der Waals surface area (Å²) in [6.07, 6.45) is 4.58. The monoisotopic (exact) mass is 137 g/mol. The van der Waals surface area contributed by atoms with Crippen LogP contribution in [0.15, 0.2) is 0 Å². The van der Waals surface area contributed by atoms with Gasteiger partial charge >= 0.3 is 0 Å². The van der Waals surface area contributed by atoms with Gasteiger partial charge < -0.3 is 0 Å². The Bertz CT molecular complexity index is 162. The third kappa shape index (κ3) is 0.493. The van der Waals surface area contributed by atoms with Gasteiger partial charge in [0.05, 0.1) is 0 Å². The van der Waals surface area contributed by atoms with E-state index in [1.54, 1.807) is 0 Å². The van der Waals surface area contributed by atoms with Crippen LogP contribution >= 0.6 is 0 Å². The Morgan fingerprint density at radius 2 is 2.00 bits per heavy atom. The fraction of sp³-hybridized carbons (Fsp3) is 1.00. The van der Waals surface area contributed by atoms with Crippen molar-refractivity contribution in [2.24, 2.45) is 11.8 Å². The summed E-state index contributed by atoms with van der Waals surface area (Å²) in [5, 5.41) is 0. The van der Waals surface area contributed by atoms with Gasteiger partial charge in [0, 0.05) is 18.6 Å². The summed E-state index contributed by atoms with van der Waals surface area (Å²) in [4.78, 5) is 2.69. The van der Waals surface area contributed by atoms with Crippen LogP contribution < -0.4 is 0 Å². The minimum Gasteiger partial charge on any atom is -0.294 e. The number of fused-ring (bicyclic) bond motifs is 3. The Morgan fingerprint density at radius 3 is 2.80 bits per heavy atom. The number of nitrogens with zero attached hydrogens (tertiary/aromatic N) is 1. The fourth-order valence-corrected chi connectivity index (χ4v) is 3.36. The normalized spacial score (nSPS) is 63.9. The maximum absolute atomic E-state index is 2.69. The predicted molar refractivity (Wildman–Crippen MR) is 40.8 cm³/mol. The third-order valence-corrected chi connectivity index (χ3v) is 3.95. The minimum absolute atomic E-state index is 0.942. The summed E-state index contributed by atoms with van der Waals surface area (Å²) in [7, 11) is 0. The van der Waals surface area contributed by atoms with Gasteiger partial charge in [0.1, 0.15) is 0 Å². The first-order chi connectivity index (χ1) is 4.88. The van der Waals surface area contributed by atoms with Gasteiger partial charge in [-0.2, -0.15) is 0 Å². The highest BCUT2D eigenvalue weighted by Gasteiger charge is 2.56. The van der Waals surface area contributed by atoms with E-state index in [-0.39, 0.29) is 0 Å². The quantitative estimate of drug-likeness (QED) is 0.457. The van der Waals surface area contributed by atoms with Gasteiger partial charge in [-0.05, 0) is 31.6 Å². The van der Waals surface area contributed by atoms with Gasteiger partial charge in [-0.1, -0.05) is 6.42 Å². The highest BCUT2D eigenvalue weighted by Crippen LogP contribution is 2.52. The molecule has 1 heteroatoms. The highest BCUT2D eigenvalue weighted by atomic mass is 15.4. The van der Waals surface area contributed by atoms with Crippen LogP contribution in [0.5, 0.6) is 0 Å². The molecule has 1 saturated carbocycles. The van der Waals surface area contributed by atoms with Crippen molar-refractivity contribution in [2.75, 3.05) is 6.54 Å². The SMILES string of the molecule is C[C@H]1C2CCCC2C2CN21. The van der Waals surface area contributed by atoms with Gasteiger partial charge in [0.2, 0.25) is 0 Å². The second-order valence-corrected chi connectivity index (χ2v) is 4.26. The average Bonchev–Trinajstić information content (AvgIpc) is 2.48. The van der Waals surface area contributed by atoms with Crippen LogP contribution in [0.2, 0.25) is 0 Å².